The Bertz CT molecular complexity index is 848. The molecule has 3 N–H and O–H groups in total. The van der Waals surface area contributed by atoms with Crippen LogP contribution in [-0.4, -0.2) is 19.5 Å². The van der Waals surface area contributed by atoms with E-state index in [0.717, 1.165) is 16.7 Å². The number of benzene rings is 1. The standard InChI is InChI=1S/C15H15ClN6/c1-22-11-5-4-9(6-10(11)19-14(22)8-2-3-8)18-13-7-12(16)20-15(17)21-13/h4-8H,2-3H2,1H3,(H3,17,18,20,21). The number of hydrogen-bond acceptors (Lipinski definition) is 5. The lowest BCUT2D eigenvalue weighted by molar-refractivity contribution is 0.820. The van der Waals surface area contributed by atoms with Gasteiger partial charge in [0.2, 0.25) is 5.95 Å². The molecule has 112 valence electrons. The van der Waals surface area contributed by atoms with Crippen LogP contribution in [0.2, 0.25) is 5.15 Å². The zero-order chi connectivity index (χ0) is 15.3. The Hall–Kier alpha value is -2.34. The SMILES string of the molecule is Cn1c(C2CC2)nc2cc(Nc3cc(Cl)nc(N)n3)ccc21. The van der Waals surface area contributed by atoms with Crippen LogP contribution in [0.5, 0.6) is 0 Å². The van der Waals surface area contributed by atoms with Crippen molar-refractivity contribution in [2.45, 2.75) is 18.8 Å². The van der Waals surface area contributed by atoms with Gasteiger partial charge in [-0.1, -0.05) is 11.6 Å². The Labute approximate surface area is 132 Å². The number of fused-ring (bicyclic) bond motifs is 1. The molecule has 1 aliphatic rings. The first-order chi connectivity index (χ1) is 10.6. The van der Waals surface area contributed by atoms with Gasteiger partial charge in [-0.25, -0.2) is 9.97 Å². The van der Waals surface area contributed by atoms with Crippen molar-refractivity contribution in [2.75, 3.05) is 11.1 Å². The minimum absolute atomic E-state index is 0.143. The van der Waals surface area contributed by atoms with Crippen molar-refractivity contribution in [3.05, 3.63) is 35.2 Å². The number of hydrogen-bond donors (Lipinski definition) is 2. The van der Waals surface area contributed by atoms with Gasteiger partial charge in [-0.05, 0) is 31.0 Å². The molecular formula is C15H15ClN6. The molecule has 2 aromatic heterocycles. The number of rotatable bonds is 3. The van der Waals surface area contributed by atoms with Crippen LogP contribution in [-0.2, 0) is 7.05 Å². The summed E-state index contributed by atoms with van der Waals surface area (Å²) < 4.78 is 2.18. The Morgan fingerprint density at radius 2 is 2.05 bits per heavy atom. The van der Waals surface area contributed by atoms with Gasteiger partial charge in [0.1, 0.15) is 16.8 Å². The number of nitrogens with zero attached hydrogens (tertiary/aromatic N) is 4. The van der Waals surface area contributed by atoms with E-state index < -0.39 is 0 Å². The van der Waals surface area contributed by atoms with Crippen molar-refractivity contribution >= 4 is 40.1 Å². The summed E-state index contributed by atoms with van der Waals surface area (Å²) in [7, 11) is 2.07. The normalized spacial score (nSPS) is 14.5. The monoisotopic (exact) mass is 314 g/mol. The molecular weight excluding hydrogens is 300 g/mol. The van der Waals surface area contributed by atoms with E-state index in [-0.39, 0.29) is 5.95 Å². The first-order valence-corrected chi connectivity index (χ1v) is 7.51. The van der Waals surface area contributed by atoms with Crippen molar-refractivity contribution in [3.63, 3.8) is 0 Å². The van der Waals surface area contributed by atoms with E-state index in [1.54, 1.807) is 6.07 Å². The highest BCUT2D eigenvalue weighted by Crippen LogP contribution is 2.40. The van der Waals surface area contributed by atoms with Gasteiger partial charge in [-0.15, -0.1) is 0 Å². The first-order valence-electron chi connectivity index (χ1n) is 7.13. The van der Waals surface area contributed by atoms with Crippen LogP contribution >= 0.6 is 11.6 Å². The molecule has 1 saturated carbocycles. The quantitative estimate of drug-likeness (QED) is 0.725. The van der Waals surface area contributed by atoms with E-state index in [0.29, 0.717) is 16.9 Å². The Balaban J connectivity index is 1.70. The third-order valence-corrected chi connectivity index (χ3v) is 4.04. The van der Waals surface area contributed by atoms with Crippen molar-refractivity contribution in [2.24, 2.45) is 7.05 Å². The molecule has 0 radical (unpaired) electrons. The molecule has 0 amide bonds. The number of nitrogen functional groups attached to an aromatic ring is 1. The number of aryl methyl sites for hydroxylation is 1. The predicted molar refractivity (Wildman–Crippen MR) is 87.4 cm³/mol. The maximum absolute atomic E-state index is 5.89. The van der Waals surface area contributed by atoms with Crippen molar-refractivity contribution < 1.29 is 0 Å². The van der Waals surface area contributed by atoms with Crippen molar-refractivity contribution in [1.82, 2.24) is 19.5 Å². The second-order valence-electron chi connectivity index (χ2n) is 5.57. The fourth-order valence-electron chi connectivity index (χ4n) is 2.65. The van der Waals surface area contributed by atoms with Gasteiger partial charge in [0, 0.05) is 24.7 Å². The topological polar surface area (TPSA) is 81.7 Å². The fraction of sp³-hybridized carbons (Fsp3) is 0.267. The minimum atomic E-state index is 0.143. The van der Waals surface area contributed by atoms with Gasteiger partial charge in [0.25, 0.3) is 0 Å². The van der Waals surface area contributed by atoms with Gasteiger partial charge >= 0.3 is 0 Å². The van der Waals surface area contributed by atoms with E-state index in [9.17, 15) is 0 Å². The second kappa shape index (κ2) is 4.84. The molecule has 7 heteroatoms. The first kappa shape index (κ1) is 13.3. The molecule has 0 aliphatic heterocycles. The van der Waals surface area contributed by atoms with Crippen LogP contribution in [0.15, 0.2) is 24.3 Å². The van der Waals surface area contributed by atoms with Crippen LogP contribution in [0.25, 0.3) is 11.0 Å². The molecule has 2 heterocycles. The molecule has 6 nitrogen and oxygen atoms in total. The number of nitrogens with one attached hydrogen (secondary N) is 1. The Kier molecular flexibility index (Phi) is 2.94. The summed E-state index contributed by atoms with van der Waals surface area (Å²) in [6.07, 6.45) is 2.47. The average Bonchev–Trinajstić information content (AvgIpc) is 3.23. The average molecular weight is 315 g/mol. The summed E-state index contributed by atoms with van der Waals surface area (Å²) in [5, 5.41) is 3.50. The van der Waals surface area contributed by atoms with Crippen LogP contribution < -0.4 is 11.1 Å². The summed E-state index contributed by atoms with van der Waals surface area (Å²) in [5.41, 5.74) is 8.60. The third-order valence-electron chi connectivity index (χ3n) is 3.84. The highest BCUT2D eigenvalue weighted by Gasteiger charge is 2.28. The molecule has 0 atom stereocenters. The number of nitrogens with two attached hydrogens (primary N) is 1. The van der Waals surface area contributed by atoms with E-state index in [1.165, 1.54) is 18.7 Å². The molecule has 0 saturated heterocycles. The molecule has 1 fully saturated rings. The van der Waals surface area contributed by atoms with E-state index in [2.05, 4.69) is 33.0 Å². The van der Waals surface area contributed by atoms with Crippen LogP contribution in [0.3, 0.4) is 0 Å². The summed E-state index contributed by atoms with van der Waals surface area (Å²) in [5.74, 6) is 2.50. The van der Waals surface area contributed by atoms with E-state index >= 15 is 0 Å². The van der Waals surface area contributed by atoms with Crippen molar-refractivity contribution in [1.29, 1.82) is 0 Å². The number of imidazole rings is 1. The lowest BCUT2D eigenvalue weighted by Crippen LogP contribution is -2.00. The lowest BCUT2D eigenvalue weighted by Gasteiger charge is -2.06. The number of anilines is 3. The fourth-order valence-corrected chi connectivity index (χ4v) is 2.84. The molecule has 3 aromatic rings. The van der Waals surface area contributed by atoms with Gasteiger partial charge in [-0.2, -0.15) is 4.98 Å². The van der Waals surface area contributed by atoms with Gasteiger partial charge < -0.3 is 15.6 Å². The molecule has 0 bridgehead atoms. The number of aromatic nitrogens is 4. The molecule has 4 rings (SSSR count). The third kappa shape index (κ3) is 2.35. The van der Waals surface area contributed by atoms with E-state index in [1.807, 2.05) is 12.1 Å². The van der Waals surface area contributed by atoms with Crippen LogP contribution in [0.4, 0.5) is 17.5 Å². The molecule has 0 spiro atoms. The highest BCUT2D eigenvalue weighted by atomic mass is 35.5. The lowest BCUT2D eigenvalue weighted by atomic mass is 10.2. The molecule has 0 unspecified atom stereocenters. The van der Waals surface area contributed by atoms with Crippen LogP contribution in [0, 0.1) is 0 Å². The van der Waals surface area contributed by atoms with Crippen molar-refractivity contribution in [3.8, 4) is 0 Å². The predicted octanol–water partition coefficient (Wildman–Crippen LogP) is 3.22. The van der Waals surface area contributed by atoms with Gasteiger partial charge in [0.05, 0.1) is 11.0 Å². The highest BCUT2D eigenvalue weighted by molar-refractivity contribution is 6.29. The Morgan fingerprint density at radius 1 is 1.23 bits per heavy atom. The zero-order valence-corrected chi connectivity index (χ0v) is 12.8. The Morgan fingerprint density at radius 3 is 2.77 bits per heavy atom. The summed E-state index contributed by atoms with van der Waals surface area (Å²) in [6.45, 7) is 0. The van der Waals surface area contributed by atoms with Crippen LogP contribution in [0.1, 0.15) is 24.6 Å². The largest absolute Gasteiger partial charge is 0.368 e. The smallest absolute Gasteiger partial charge is 0.223 e. The van der Waals surface area contributed by atoms with E-state index in [4.69, 9.17) is 22.3 Å². The molecule has 1 aliphatic carbocycles. The molecule has 22 heavy (non-hydrogen) atoms. The summed E-state index contributed by atoms with van der Waals surface area (Å²) in [4.78, 5) is 12.7. The zero-order valence-electron chi connectivity index (χ0n) is 12.0. The van der Waals surface area contributed by atoms with Gasteiger partial charge in [0.15, 0.2) is 0 Å². The maximum atomic E-state index is 5.89. The maximum Gasteiger partial charge on any atom is 0.223 e. The summed E-state index contributed by atoms with van der Waals surface area (Å²) >= 11 is 5.89. The minimum Gasteiger partial charge on any atom is -0.368 e. The molecule has 1 aromatic carbocycles. The van der Waals surface area contributed by atoms with Gasteiger partial charge in [-0.3, -0.25) is 0 Å². The second-order valence-corrected chi connectivity index (χ2v) is 5.95. The summed E-state index contributed by atoms with van der Waals surface area (Å²) in [6, 6.07) is 7.69. The number of halogens is 1.